The third-order valence-corrected chi connectivity index (χ3v) is 12.9. The van der Waals surface area contributed by atoms with Crippen molar-refractivity contribution in [3.63, 3.8) is 0 Å². The maximum absolute atomic E-state index is 12.8. The fraction of sp³-hybridized carbons (Fsp3) is 0.643. The number of rotatable bonds is 55. The molecule has 0 aromatic heterocycles. The van der Waals surface area contributed by atoms with Gasteiger partial charge in [0.05, 0.1) is 0 Å². The van der Waals surface area contributed by atoms with Crippen LogP contribution in [0.4, 0.5) is 0 Å². The third kappa shape index (κ3) is 60.4. The first-order valence-corrected chi connectivity index (χ1v) is 31.2. The van der Waals surface area contributed by atoms with E-state index in [2.05, 4.69) is 154 Å². The fourth-order valence-electron chi connectivity index (χ4n) is 8.30. The molecule has 0 spiro atoms. The maximum atomic E-state index is 12.8. The smallest absolute Gasteiger partial charge is 0.306 e. The molecule has 0 amide bonds. The van der Waals surface area contributed by atoms with Crippen molar-refractivity contribution in [2.24, 2.45) is 0 Å². The minimum atomic E-state index is -0.793. The Bertz CT molecular complexity index is 1630. The average Bonchev–Trinajstić information content (AvgIpc) is 3.42. The fourth-order valence-corrected chi connectivity index (χ4v) is 8.30. The summed E-state index contributed by atoms with van der Waals surface area (Å²) in [7, 11) is 0. The number of hydrogen-bond acceptors (Lipinski definition) is 6. The van der Waals surface area contributed by atoms with E-state index in [1.54, 1.807) is 0 Å². The highest BCUT2D eigenvalue weighted by Gasteiger charge is 2.19. The summed E-state index contributed by atoms with van der Waals surface area (Å²) in [6, 6.07) is 0. The minimum absolute atomic E-state index is 0.0912. The molecule has 6 heteroatoms. The van der Waals surface area contributed by atoms with Gasteiger partial charge in [-0.05, 0) is 116 Å². The molecule has 1 atom stereocenters. The molecule has 6 nitrogen and oxygen atoms in total. The molecule has 0 aromatic carbocycles. The van der Waals surface area contributed by atoms with E-state index in [1.807, 2.05) is 0 Å². The van der Waals surface area contributed by atoms with Crippen molar-refractivity contribution >= 4 is 17.9 Å². The molecule has 1 unspecified atom stereocenters. The van der Waals surface area contributed by atoms with Gasteiger partial charge in [-0.15, -0.1) is 0 Å². The molecule has 430 valence electrons. The monoisotopic (exact) mass is 1050 g/mol. The first-order chi connectivity index (χ1) is 37.5. The van der Waals surface area contributed by atoms with Crippen LogP contribution < -0.4 is 0 Å². The molecule has 0 aliphatic heterocycles. The number of esters is 3. The summed E-state index contributed by atoms with van der Waals surface area (Å²) in [5.74, 6) is -0.927. The van der Waals surface area contributed by atoms with Crippen molar-refractivity contribution in [3.05, 3.63) is 134 Å². The lowest BCUT2D eigenvalue weighted by atomic mass is 10.0. The van der Waals surface area contributed by atoms with Crippen molar-refractivity contribution in [2.75, 3.05) is 13.2 Å². The second-order valence-corrected chi connectivity index (χ2v) is 20.2. The van der Waals surface area contributed by atoms with Gasteiger partial charge in [0.2, 0.25) is 0 Å². The van der Waals surface area contributed by atoms with Crippen LogP contribution in [0.15, 0.2) is 134 Å². The van der Waals surface area contributed by atoms with Gasteiger partial charge < -0.3 is 14.2 Å². The van der Waals surface area contributed by atoms with Gasteiger partial charge in [-0.1, -0.05) is 270 Å². The topological polar surface area (TPSA) is 78.9 Å². The Morgan fingerprint density at radius 1 is 0.276 bits per heavy atom. The van der Waals surface area contributed by atoms with Crippen LogP contribution in [0.3, 0.4) is 0 Å². The third-order valence-electron chi connectivity index (χ3n) is 12.9. The Morgan fingerprint density at radius 2 is 0.513 bits per heavy atom. The van der Waals surface area contributed by atoms with Crippen LogP contribution in [0.2, 0.25) is 0 Å². The Kier molecular flexibility index (Phi) is 59.4. The molecule has 0 aliphatic rings. The van der Waals surface area contributed by atoms with Gasteiger partial charge in [-0.25, -0.2) is 0 Å². The summed E-state index contributed by atoms with van der Waals surface area (Å²) in [6.45, 7) is 6.33. The number of carbonyl (C=O) groups is 3. The molecule has 0 rings (SSSR count). The molecule has 0 heterocycles. The van der Waals surface area contributed by atoms with Crippen molar-refractivity contribution in [3.8, 4) is 0 Å². The van der Waals surface area contributed by atoms with Crippen LogP contribution in [0, 0.1) is 0 Å². The molecule has 0 fully saturated rings. The number of ether oxygens (including phenoxy) is 3. The summed E-state index contributed by atoms with van der Waals surface area (Å²) >= 11 is 0. The first kappa shape index (κ1) is 71.5. The summed E-state index contributed by atoms with van der Waals surface area (Å²) in [5.41, 5.74) is 0. The Labute approximate surface area is 468 Å². The van der Waals surface area contributed by atoms with Crippen molar-refractivity contribution in [2.45, 2.75) is 277 Å². The van der Waals surface area contributed by atoms with Gasteiger partial charge in [-0.3, -0.25) is 14.4 Å². The van der Waals surface area contributed by atoms with Crippen LogP contribution >= 0.6 is 0 Å². The van der Waals surface area contributed by atoms with E-state index in [9.17, 15) is 14.4 Å². The number of allylic oxidation sites excluding steroid dienone is 22. The van der Waals surface area contributed by atoms with Gasteiger partial charge in [0.1, 0.15) is 13.2 Å². The molecule has 0 aliphatic carbocycles. The van der Waals surface area contributed by atoms with Gasteiger partial charge in [0.25, 0.3) is 0 Å². The van der Waals surface area contributed by atoms with E-state index in [-0.39, 0.29) is 31.1 Å². The average molecular weight is 1050 g/mol. The Morgan fingerprint density at radius 3 is 0.803 bits per heavy atom. The SMILES string of the molecule is CC/C=C\C/C=C\C/C=C\C/C=C\C/C=C\C/C=C\CCCCCCC(=O)OC(COC(=O)CCCCCCCC)COC(=O)CCCCCCCCCCCCCCC/C=C\C/C=C\C/C=C\C/C=C\C/C=C\CC. The van der Waals surface area contributed by atoms with E-state index in [4.69, 9.17) is 14.2 Å². The Balaban J connectivity index is 4.16. The first-order valence-electron chi connectivity index (χ1n) is 31.2. The van der Waals surface area contributed by atoms with E-state index in [1.165, 1.54) is 89.9 Å². The lowest BCUT2D eigenvalue weighted by Crippen LogP contribution is -2.30. The molecule has 0 N–H and O–H groups in total. The normalized spacial score (nSPS) is 13.0. The molecule has 0 radical (unpaired) electrons. The molecule has 0 saturated heterocycles. The second-order valence-electron chi connectivity index (χ2n) is 20.2. The molecule has 0 saturated carbocycles. The standard InChI is InChI=1S/C70H114O6/c1-4-7-10-13-16-18-20-22-24-26-28-30-32-33-34-35-36-37-39-40-42-44-46-48-50-52-54-57-60-63-69(72)75-66-67(65-74-68(71)62-59-56-15-12-9-6-3)76-70(73)64-61-58-55-53-51-49-47-45-43-41-38-31-29-27-25-23-21-19-17-14-11-8-5-2/h7-8,10-11,16-19,22-25,28-31,33-34,41,43,47,49,67H,4-6,9,12-15,20-21,26-27,32,35-40,42,44-46,48,50-66H2,1-3H3/b10-7-,11-8-,18-16-,19-17-,24-22-,25-23-,30-28-,31-29-,34-33-,43-41-,49-47-. The van der Waals surface area contributed by atoms with E-state index in [0.717, 1.165) is 141 Å². The van der Waals surface area contributed by atoms with Crippen LogP contribution in [0.25, 0.3) is 0 Å². The molecule has 0 aromatic rings. The molecular formula is C70H114O6. The zero-order chi connectivity index (χ0) is 55.0. The second kappa shape index (κ2) is 63.1. The maximum Gasteiger partial charge on any atom is 0.306 e. The lowest BCUT2D eigenvalue weighted by Gasteiger charge is -2.18. The number of carbonyl (C=O) groups excluding carboxylic acids is 3. The Hall–Kier alpha value is -4.45. The number of hydrogen-bond donors (Lipinski definition) is 0. The van der Waals surface area contributed by atoms with Gasteiger partial charge in [0, 0.05) is 19.3 Å². The highest BCUT2D eigenvalue weighted by Crippen LogP contribution is 2.15. The van der Waals surface area contributed by atoms with Gasteiger partial charge >= 0.3 is 17.9 Å². The number of unbranched alkanes of at least 4 members (excludes halogenated alkanes) is 22. The van der Waals surface area contributed by atoms with Gasteiger partial charge in [-0.2, -0.15) is 0 Å². The van der Waals surface area contributed by atoms with Crippen molar-refractivity contribution in [1.29, 1.82) is 0 Å². The highest BCUT2D eigenvalue weighted by atomic mass is 16.6. The molecule has 0 bridgehead atoms. The van der Waals surface area contributed by atoms with Crippen LogP contribution in [-0.2, 0) is 28.6 Å². The molecule has 76 heavy (non-hydrogen) atoms. The van der Waals surface area contributed by atoms with Crippen molar-refractivity contribution in [1.82, 2.24) is 0 Å². The summed E-state index contributed by atoms with van der Waals surface area (Å²) in [4.78, 5) is 38.0. The van der Waals surface area contributed by atoms with E-state index < -0.39 is 6.10 Å². The predicted molar refractivity (Wildman–Crippen MR) is 329 cm³/mol. The quantitative estimate of drug-likeness (QED) is 0.0261. The summed E-state index contributed by atoms with van der Waals surface area (Å²) in [5, 5.41) is 0. The largest absolute Gasteiger partial charge is 0.462 e. The van der Waals surface area contributed by atoms with E-state index >= 15 is 0 Å². The zero-order valence-corrected chi connectivity index (χ0v) is 49.2. The van der Waals surface area contributed by atoms with Crippen LogP contribution in [0.1, 0.15) is 271 Å². The summed E-state index contributed by atoms with van der Waals surface area (Å²) in [6.07, 6.45) is 89.2. The van der Waals surface area contributed by atoms with Crippen LogP contribution in [-0.4, -0.2) is 37.2 Å². The van der Waals surface area contributed by atoms with Crippen LogP contribution in [0.5, 0.6) is 0 Å². The van der Waals surface area contributed by atoms with Gasteiger partial charge in [0.15, 0.2) is 6.10 Å². The highest BCUT2D eigenvalue weighted by molar-refractivity contribution is 5.71. The molecular weight excluding hydrogens is 937 g/mol. The zero-order valence-electron chi connectivity index (χ0n) is 49.2. The minimum Gasteiger partial charge on any atom is -0.462 e. The predicted octanol–water partition coefficient (Wildman–Crippen LogP) is 21.4. The van der Waals surface area contributed by atoms with Crippen molar-refractivity contribution < 1.29 is 28.6 Å². The lowest BCUT2D eigenvalue weighted by molar-refractivity contribution is -0.167. The van der Waals surface area contributed by atoms with E-state index in [0.29, 0.717) is 19.3 Å². The summed E-state index contributed by atoms with van der Waals surface area (Å²) < 4.78 is 16.8.